The van der Waals surface area contributed by atoms with Gasteiger partial charge in [0.25, 0.3) is 0 Å². The first-order chi connectivity index (χ1) is 6.94. The summed E-state index contributed by atoms with van der Waals surface area (Å²) in [7, 11) is 1.30. The van der Waals surface area contributed by atoms with Gasteiger partial charge in [0, 0.05) is 6.42 Å². The maximum atomic E-state index is 11.4. The quantitative estimate of drug-likeness (QED) is 0.490. The lowest BCUT2D eigenvalue weighted by Gasteiger charge is -2.22. The van der Waals surface area contributed by atoms with Gasteiger partial charge in [-0.25, -0.2) is 4.79 Å². The van der Waals surface area contributed by atoms with E-state index in [-0.39, 0.29) is 5.91 Å². The summed E-state index contributed by atoms with van der Waals surface area (Å²) < 4.78 is 4.57. The predicted molar refractivity (Wildman–Crippen MR) is 57.1 cm³/mol. The zero-order chi connectivity index (χ0) is 11.9. The van der Waals surface area contributed by atoms with E-state index in [0.717, 1.165) is 12.8 Å². The van der Waals surface area contributed by atoms with Gasteiger partial charge in [0.15, 0.2) is 0 Å². The highest BCUT2D eigenvalue weighted by Gasteiger charge is 2.29. The second kappa shape index (κ2) is 6.40. The van der Waals surface area contributed by atoms with Crippen molar-refractivity contribution in [3.05, 3.63) is 0 Å². The van der Waals surface area contributed by atoms with Crippen LogP contribution >= 0.6 is 0 Å². The van der Waals surface area contributed by atoms with Crippen LogP contribution in [0.25, 0.3) is 0 Å². The Morgan fingerprint density at radius 2 is 1.93 bits per heavy atom. The molecule has 15 heavy (non-hydrogen) atoms. The summed E-state index contributed by atoms with van der Waals surface area (Å²) in [5.74, 6) is -0.603. The van der Waals surface area contributed by atoms with E-state index in [2.05, 4.69) is 10.1 Å². The first kappa shape index (κ1) is 13.9. The molecule has 0 radical (unpaired) electrons. The zero-order valence-electron chi connectivity index (χ0n) is 9.63. The maximum absolute atomic E-state index is 11.4. The van der Waals surface area contributed by atoms with Crippen LogP contribution in [0.1, 0.15) is 33.1 Å². The number of rotatable bonds is 6. The Kier molecular flexibility index (Phi) is 5.93. The van der Waals surface area contributed by atoms with E-state index in [0.29, 0.717) is 13.0 Å². The van der Waals surface area contributed by atoms with Crippen LogP contribution in [0, 0.1) is 0 Å². The largest absolute Gasteiger partial charge is 0.467 e. The van der Waals surface area contributed by atoms with E-state index < -0.39 is 11.5 Å². The van der Waals surface area contributed by atoms with Crippen LogP contribution in [-0.2, 0) is 14.3 Å². The number of carbonyl (C=O) groups is 2. The molecule has 0 heterocycles. The van der Waals surface area contributed by atoms with E-state index in [9.17, 15) is 9.59 Å². The normalized spacial score (nSPS) is 10.9. The summed E-state index contributed by atoms with van der Waals surface area (Å²) in [5.41, 5.74) is 4.34. The maximum Gasteiger partial charge on any atom is 0.330 e. The highest BCUT2D eigenvalue weighted by atomic mass is 16.5. The summed E-state index contributed by atoms with van der Waals surface area (Å²) >= 11 is 0. The molecular weight excluding hydrogens is 196 g/mol. The highest BCUT2D eigenvalue weighted by molar-refractivity contribution is 5.87. The Morgan fingerprint density at radius 3 is 2.40 bits per heavy atom. The fourth-order valence-electron chi connectivity index (χ4n) is 1.15. The van der Waals surface area contributed by atoms with Gasteiger partial charge >= 0.3 is 5.97 Å². The van der Waals surface area contributed by atoms with E-state index in [1.54, 1.807) is 13.8 Å². The van der Waals surface area contributed by atoms with E-state index in [4.69, 9.17) is 5.73 Å². The predicted octanol–water partition coefficient (Wildman–Crippen LogP) is 0.183. The molecule has 0 saturated heterocycles. The molecule has 88 valence electrons. The molecule has 0 fully saturated rings. The number of nitrogens with one attached hydrogen (secondary N) is 1. The van der Waals surface area contributed by atoms with Crippen LogP contribution in [0.15, 0.2) is 0 Å². The third kappa shape index (κ3) is 5.37. The Hall–Kier alpha value is -1.10. The molecular formula is C10H20N2O3. The second-order valence-corrected chi connectivity index (χ2v) is 3.91. The Balaban J connectivity index is 3.99. The van der Waals surface area contributed by atoms with Crippen molar-refractivity contribution in [1.82, 2.24) is 5.32 Å². The molecule has 5 heteroatoms. The molecule has 0 rings (SSSR count). The lowest BCUT2D eigenvalue weighted by atomic mass is 10.1. The fourth-order valence-corrected chi connectivity index (χ4v) is 1.15. The van der Waals surface area contributed by atoms with Gasteiger partial charge in [-0.05, 0) is 33.2 Å². The SMILES string of the molecule is COC(=O)C(C)(C)NC(=O)CCCCN. The molecule has 5 nitrogen and oxygen atoms in total. The van der Waals surface area contributed by atoms with Crippen LogP contribution in [0.4, 0.5) is 0 Å². The fraction of sp³-hybridized carbons (Fsp3) is 0.800. The van der Waals surface area contributed by atoms with Gasteiger partial charge in [-0.3, -0.25) is 4.79 Å². The van der Waals surface area contributed by atoms with Crippen LogP contribution < -0.4 is 11.1 Å². The average Bonchev–Trinajstić information content (AvgIpc) is 2.16. The van der Waals surface area contributed by atoms with Gasteiger partial charge in [0.05, 0.1) is 7.11 Å². The highest BCUT2D eigenvalue weighted by Crippen LogP contribution is 2.05. The number of hydrogen-bond donors (Lipinski definition) is 2. The summed E-state index contributed by atoms with van der Waals surface area (Å²) in [6.45, 7) is 3.80. The molecule has 0 aliphatic rings. The summed E-state index contributed by atoms with van der Waals surface area (Å²) in [4.78, 5) is 22.6. The molecule has 0 saturated carbocycles. The van der Waals surface area contributed by atoms with Crippen molar-refractivity contribution in [2.75, 3.05) is 13.7 Å². The zero-order valence-corrected chi connectivity index (χ0v) is 9.63. The molecule has 0 aromatic rings. The van der Waals surface area contributed by atoms with Crippen molar-refractivity contribution in [2.45, 2.75) is 38.6 Å². The van der Waals surface area contributed by atoms with E-state index in [1.807, 2.05) is 0 Å². The topological polar surface area (TPSA) is 81.4 Å². The van der Waals surface area contributed by atoms with Crippen LogP contribution in [0.3, 0.4) is 0 Å². The number of methoxy groups -OCH3 is 1. The molecule has 0 aliphatic heterocycles. The van der Waals surface area contributed by atoms with Gasteiger partial charge in [-0.15, -0.1) is 0 Å². The third-order valence-electron chi connectivity index (χ3n) is 2.01. The number of esters is 1. The number of carbonyl (C=O) groups excluding carboxylic acids is 2. The molecule has 0 aromatic carbocycles. The summed E-state index contributed by atoms with van der Waals surface area (Å²) in [6.07, 6.45) is 1.93. The van der Waals surface area contributed by atoms with Crippen molar-refractivity contribution in [1.29, 1.82) is 0 Å². The standard InChI is InChI=1S/C10H20N2O3/c1-10(2,9(14)15-3)12-8(13)6-4-5-7-11/h4-7,11H2,1-3H3,(H,12,13). The molecule has 0 spiro atoms. The molecule has 0 aromatic heterocycles. The number of ether oxygens (including phenoxy) is 1. The first-order valence-electron chi connectivity index (χ1n) is 5.03. The van der Waals surface area contributed by atoms with Gasteiger partial charge in [-0.2, -0.15) is 0 Å². The van der Waals surface area contributed by atoms with Gasteiger partial charge in [0.1, 0.15) is 5.54 Å². The van der Waals surface area contributed by atoms with Crippen LogP contribution in [0.2, 0.25) is 0 Å². The van der Waals surface area contributed by atoms with Crippen molar-refractivity contribution in [3.63, 3.8) is 0 Å². The van der Waals surface area contributed by atoms with Gasteiger partial charge < -0.3 is 15.8 Å². The van der Waals surface area contributed by atoms with Crippen molar-refractivity contribution in [3.8, 4) is 0 Å². The van der Waals surface area contributed by atoms with Crippen molar-refractivity contribution >= 4 is 11.9 Å². The van der Waals surface area contributed by atoms with E-state index in [1.165, 1.54) is 7.11 Å². The minimum absolute atomic E-state index is 0.154. The average molecular weight is 216 g/mol. The third-order valence-corrected chi connectivity index (χ3v) is 2.01. The monoisotopic (exact) mass is 216 g/mol. The Morgan fingerprint density at radius 1 is 1.33 bits per heavy atom. The Labute approximate surface area is 90.4 Å². The minimum atomic E-state index is -0.964. The van der Waals surface area contributed by atoms with E-state index >= 15 is 0 Å². The molecule has 0 aliphatic carbocycles. The van der Waals surface area contributed by atoms with Crippen molar-refractivity contribution < 1.29 is 14.3 Å². The van der Waals surface area contributed by atoms with Crippen molar-refractivity contribution in [2.24, 2.45) is 5.73 Å². The number of hydrogen-bond acceptors (Lipinski definition) is 4. The summed E-state index contributed by atoms with van der Waals surface area (Å²) in [6, 6.07) is 0. The van der Waals surface area contributed by atoms with Crippen LogP contribution in [-0.4, -0.2) is 31.1 Å². The molecule has 1 amide bonds. The number of nitrogens with two attached hydrogens (primary N) is 1. The number of unbranched alkanes of at least 4 members (excludes halogenated alkanes) is 1. The summed E-state index contributed by atoms with van der Waals surface area (Å²) in [5, 5.41) is 2.61. The Bertz CT molecular complexity index is 227. The molecule has 0 unspecified atom stereocenters. The number of amides is 1. The smallest absolute Gasteiger partial charge is 0.330 e. The van der Waals surface area contributed by atoms with Gasteiger partial charge in [0.2, 0.25) is 5.91 Å². The first-order valence-corrected chi connectivity index (χ1v) is 5.03. The molecule has 0 bridgehead atoms. The van der Waals surface area contributed by atoms with Crippen LogP contribution in [0.5, 0.6) is 0 Å². The molecule has 0 atom stereocenters. The molecule has 3 N–H and O–H groups in total. The lowest BCUT2D eigenvalue weighted by molar-refractivity contribution is -0.149. The lowest BCUT2D eigenvalue weighted by Crippen LogP contribution is -2.50. The minimum Gasteiger partial charge on any atom is -0.467 e. The second-order valence-electron chi connectivity index (χ2n) is 3.91. The van der Waals surface area contributed by atoms with Gasteiger partial charge in [-0.1, -0.05) is 0 Å².